The lowest BCUT2D eigenvalue weighted by Crippen LogP contribution is -2.37. The number of hydrogen-bond donors (Lipinski definition) is 0. The predicted octanol–water partition coefficient (Wildman–Crippen LogP) is 2.12. The van der Waals surface area contributed by atoms with Crippen LogP contribution in [-0.4, -0.2) is 46.2 Å². The number of rotatable bonds is 6. The molecule has 3 aliphatic rings. The fourth-order valence-corrected chi connectivity index (χ4v) is 4.38. The van der Waals surface area contributed by atoms with Crippen LogP contribution in [0.4, 0.5) is 0 Å². The van der Waals surface area contributed by atoms with Gasteiger partial charge < -0.3 is 9.30 Å². The Morgan fingerprint density at radius 1 is 1.07 bits per heavy atom. The number of ether oxygens (including phenoxy) is 1. The lowest BCUT2D eigenvalue weighted by Gasteiger charge is -2.14. The quantitative estimate of drug-likeness (QED) is 0.325. The second-order valence-corrected chi connectivity index (χ2v) is 7.89. The molecular weight excluding hydrogens is 360 g/mol. The molecule has 1 saturated heterocycles. The topological polar surface area (TPSA) is 85.7 Å². The molecule has 2 heterocycles. The van der Waals surface area contributed by atoms with Crippen molar-refractivity contribution in [1.82, 2.24) is 9.47 Å². The van der Waals surface area contributed by atoms with Crippen molar-refractivity contribution in [3.05, 3.63) is 35.2 Å². The van der Waals surface area contributed by atoms with Crippen molar-refractivity contribution in [2.75, 3.05) is 13.2 Å². The highest BCUT2D eigenvalue weighted by atomic mass is 16.5. The van der Waals surface area contributed by atoms with Gasteiger partial charge in [-0.3, -0.25) is 24.1 Å². The van der Waals surface area contributed by atoms with Gasteiger partial charge in [0.1, 0.15) is 6.54 Å². The number of aromatic nitrogens is 1. The fraction of sp³-hybridized carbons (Fsp3) is 0.524. The van der Waals surface area contributed by atoms with Crippen LogP contribution in [0, 0.1) is 25.7 Å². The number of nitrogens with zero attached hydrogens (tertiary/aromatic N) is 2. The molecule has 7 nitrogen and oxygen atoms in total. The minimum atomic E-state index is -0.738. The summed E-state index contributed by atoms with van der Waals surface area (Å²) in [6.45, 7) is 3.04. The highest BCUT2D eigenvalue weighted by Gasteiger charge is 2.47. The SMILES string of the molecule is Cc1cc(C(=O)COC(=O)CN2C(=O)[C@H]3CC=CC[C@@H]3C2=O)c(C)n1C1CC1. The molecule has 7 heteroatoms. The number of fused-ring (bicyclic) bond motifs is 1. The summed E-state index contributed by atoms with van der Waals surface area (Å²) in [6.07, 6.45) is 7.07. The summed E-state index contributed by atoms with van der Waals surface area (Å²) in [5, 5.41) is 0. The lowest BCUT2D eigenvalue weighted by molar-refractivity contribution is -0.152. The summed E-state index contributed by atoms with van der Waals surface area (Å²) in [5.74, 6) is -2.41. The minimum absolute atomic E-state index is 0.273. The van der Waals surface area contributed by atoms with E-state index < -0.39 is 19.1 Å². The minimum Gasteiger partial charge on any atom is -0.456 e. The van der Waals surface area contributed by atoms with Gasteiger partial charge in [0.05, 0.1) is 11.8 Å². The van der Waals surface area contributed by atoms with Crippen molar-refractivity contribution < 1.29 is 23.9 Å². The maximum absolute atomic E-state index is 12.5. The van der Waals surface area contributed by atoms with Crippen LogP contribution in [-0.2, 0) is 19.1 Å². The monoisotopic (exact) mass is 384 g/mol. The largest absolute Gasteiger partial charge is 0.456 e. The number of hydrogen-bond acceptors (Lipinski definition) is 5. The van der Waals surface area contributed by atoms with Crippen LogP contribution in [0.1, 0.15) is 53.5 Å². The number of imide groups is 1. The van der Waals surface area contributed by atoms with Gasteiger partial charge in [-0.2, -0.15) is 0 Å². The highest BCUT2D eigenvalue weighted by molar-refractivity contribution is 6.07. The normalized spacial score (nSPS) is 23.9. The maximum atomic E-state index is 12.5. The van der Waals surface area contributed by atoms with Gasteiger partial charge in [-0.1, -0.05) is 12.2 Å². The summed E-state index contributed by atoms with van der Waals surface area (Å²) in [4.78, 5) is 50.4. The Labute approximate surface area is 163 Å². The van der Waals surface area contributed by atoms with E-state index in [1.54, 1.807) is 0 Å². The van der Waals surface area contributed by atoms with Crippen LogP contribution < -0.4 is 0 Å². The number of carbonyl (C=O) groups excluding carboxylic acids is 4. The standard InChI is InChI=1S/C21H24N2O5/c1-12-9-17(13(2)23(12)14-7-8-14)18(24)11-28-19(25)10-22-20(26)15-5-3-4-6-16(15)21(22)27/h3-4,9,14-16H,5-8,10-11H2,1-2H3/t15-,16-/m0/s1. The van der Waals surface area contributed by atoms with Crippen LogP contribution in [0.25, 0.3) is 0 Å². The number of amides is 2. The number of allylic oxidation sites excluding steroid dienone is 2. The second-order valence-electron chi connectivity index (χ2n) is 7.89. The van der Waals surface area contributed by atoms with E-state index in [1.165, 1.54) is 0 Å². The van der Waals surface area contributed by atoms with Crippen LogP contribution in [0.15, 0.2) is 18.2 Å². The molecule has 148 valence electrons. The molecule has 0 radical (unpaired) electrons. The van der Waals surface area contributed by atoms with Crippen molar-refractivity contribution >= 4 is 23.6 Å². The zero-order valence-corrected chi connectivity index (χ0v) is 16.1. The van der Waals surface area contributed by atoms with Crippen molar-refractivity contribution in [3.63, 3.8) is 0 Å². The van der Waals surface area contributed by atoms with Gasteiger partial charge in [-0.05, 0) is 45.6 Å². The summed E-state index contributed by atoms with van der Waals surface area (Å²) in [5.41, 5.74) is 2.48. The van der Waals surface area contributed by atoms with Gasteiger partial charge in [-0.15, -0.1) is 0 Å². The molecule has 1 aliphatic heterocycles. The van der Waals surface area contributed by atoms with Crippen LogP contribution in [0.5, 0.6) is 0 Å². The Kier molecular flexibility index (Phi) is 4.69. The lowest BCUT2D eigenvalue weighted by atomic mass is 9.85. The molecule has 2 fully saturated rings. The number of likely N-dealkylation sites (tertiary alicyclic amines) is 1. The fourth-order valence-electron chi connectivity index (χ4n) is 4.38. The van der Waals surface area contributed by atoms with Gasteiger partial charge in [0.15, 0.2) is 6.61 Å². The Hall–Kier alpha value is -2.70. The molecule has 0 aromatic carbocycles. The number of aryl methyl sites for hydroxylation is 1. The molecule has 2 amide bonds. The zero-order chi connectivity index (χ0) is 20.0. The number of esters is 1. The van der Waals surface area contributed by atoms with E-state index in [0.717, 1.165) is 29.1 Å². The molecule has 1 saturated carbocycles. The molecule has 0 bridgehead atoms. The van der Waals surface area contributed by atoms with Crippen LogP contribution in [0.3, 0.4) is 0 Å². The van der Waals surface area contributed by atoms with Gasteiger partial charge in [-0.25, -0.2) is 0 Å². The van der Waals surface area contributed by atoms with E-state index in [4.69, 9.17) is 4.74 Å². The van der Waals surface area contributed by atoms with E-state index in [1.807, 2.05) is 32.1 Å². The molecule has 1 aromatic rings. The van der Waals surface area contributed by atoms with Gasteiger partial charge in [0.2, 0.25) is 17.6 Å². The molecule has 2 aliphatic carbocycles. The smallest absolute Gasteiger partial charge is 0.326 e. The third-order valence-electron chi connectivity index (χ3n) is 5.95. The van der Waals surface area contributed by atoms with E-state index >= 15 is 0 Å². The van der Waals surface area contributed by atoms with E-state index in [-0.39, 0.29) is 29.4 Å². The average Bonchev–Trinajstić information content (AvgIpc) is 3.43. The molecule has 4 rings (SSSR count). The van der Waals surface area contributed by atoms with E-state index in [2.05, 4.69) is 4.57 Å². The predicted molar refractivity (Wildman–Crippen MR) is 99.5 cm³/mol. The van der Waals surface area contributed by atoms with Crippen molar-refractivity contribution in [1.29, 1.82) is 0 Å². The Balaban J connectivity index is 1.35. The van der Waals surface area contributed by atoms with Gasteiger partial charge in [0, 0.05) is 23.0 Å². The first-order valence-corrected chi connectivity index (χ1v) is 9.76. The van der Waals surface area contributed by atoms with Crippen molar-refractivity contribution in [2.45, 2.75) is 45.6 Å². The van der Waals surface area contributed by atoms with Crippen molar-refractivity contribution in [3.8, 4) is 0 Å². The van der Waals surface area contributed by atoms with Crippen LogP contribution >= 0.6 is 0 Å². The summed E-state index contributed by atoms with van der Waals surface area (Å²) in [6, 6.07) is 2.30. The summed E-state index contributed by atoms with van der Waals surface area (Å²) >= 11 is 0. The first-order valence-electron chi connectivity index (χ1n) is 9.76. The zero-order valence-electron chi connectivity index (χ0n) is 16.1. The third-order valence-corrected chi connectivity index (χ3v) is 5.95. The molecular formula is C21H24N2O5. The molecule has 1 aromatic heterocycles. The molecule has 0 unspecified atom stereocenters. The van der Waals surface area contributed by atoms with Crippen molar-refractivity contribution in [2.24, 2.45) is 11.8 Å². The molecule has 2 atom stereocenters. The molecule has 0 spiro atoms. The summed E-state index contributed by atoms with van der Waals surface area (Å²) in [7, 11) is 0. The summed E-state index contributed by atoms with van der Waals surface area (Å²) < 4.78 is 7.25. The third kappa shape index (κ3) is 3.19. The highest BCUT2D eigenvalue weighted by Crippen LogP contribution is 2.38. The number of carbonyl (C=O) groups is 4. The molecule has 28 heavy (non-hydrogen) atoms. The van der Waals surface area contributed by atoms with E-state index in [9.17, 15) is 19.2 Å². The Morgan fingerprint density at radius 3 is 2.25 bits per heavy atom. The first-order chi connectivity index (χ1) is 13.4. The van der Waals surface area contributed by atoms with E-state index in [0.29, 0.717) is 24.4 Å². The molecule has 0 N–H and O–H groups in total. The van der Waals surface area contributed by atoms with Crippen LogP contribution in [0.2, 0.25) is 0 Å². The Morgan fingerprint density at radius 2 is 1.68 bits per heavy atom. The number of ketones is 1. The van der Waals surface area contributed by atoms with Gasteiger partial charge in [0.25, 0.3) is 0 Å². The average molecular weight is 384 g/mol. The number of Topliss-reactive ketones (excluding diaryl/α,β-unsaturated/α-hetero) is 1. The maximum Gasteiger partial charge on any atom is 0.326 e. The first kappa shape index (κ1) is 18.7. The second kappa shape index (κ2) is 7.04. The Bertz CT molecular complexity index is 867. The van der Waals surface area contributed by atoms with Gasteiger partial charge >= 0.3 is 5.97 Å².